The second-order valence-corrected chi connectivity index (χ2v) is 5.53. The molecule has 1 aromatic carbocycles. The summed E-state index contributed by atoms with van der Waals surface area (Å²) >= 11 is 0. The van der Waals surface area contributed by atoms with E-state index in [1.54, 1.807) is 0 Å². The summed E-state index contributed by atoms with van der Waals surface area (Å²) in [7, 11) is -7.33. The van der Waals surface area contributed by atoms with Crippen LogP contribution >= 0.6 is 8.25 Å². The van der Waals surface area contributed by atoms with Crippen LogP contribution in [0.25, 0.3) is 0 Å². The third-order valence-corrected chi connectivity index (χ3v) is 3.48. The number of alkyl halides is 3. The van der Waals surface area contributed by atoms with Crippen molar-refractivity contribution in [3.8, 4) is 5.75 Å². The summed E-state index contributed by atoms with van der Waals surface area (Å²) < 4.78 is 98.5. The van der Waals surface area contributed by atoms with E-state index in [9.17, 15) is 30.5 Å². The van der Waals surface area contributed by atoms with Gasteiger partial charge in [-0.15, -0.1) is 17.7 Å². The highest BCUT2D eigenvalue weighted by Gasteiger charge is 2.37. The molecule has 1 unspecified atom stereocenters. The Kier molecular flexibility index (Phi) is 5.59. The van der Waals surface area contributed by atoms with E-state index in [0.29, 0.717) is 12.1 Å². The summed E-state index contributed by atoms with van der Waals surface area (Å²) in [5, 5.41) is 0. The SMILES string of the molecule is CO[P+](=O)OOS(=O)(=O)c1c(F)cccc1OC(F)(F)F. The van der Waals surface area contributed by atoms with Crippen LogP contribution in [0.1, 0.15) is 0 Å². The first-order chi connectivity index (χ1) is 9.57. The van der Waals surface area contributed by atoms with Gasteiger partial charge in [0.25, 0.3) is 0 Å². The van der Waals surface area contributed by atoms with Crippen molar-refractivity contribution in [1.29, 1.82) is 0 Å². The molecular weight excluding hydrogens is 347 g/mol. The fourth-order valence-corrected chi connectivity index (χ4v) is 2.38. The van der Waals surface area contributed by atoms with Crippen LogP contribution in [0.4, 0.5) is 17.6 Å². The van der Waals surface area contributed by atoms with Crippen molar-refractivity contribution in [3.63, 3.8) is 0 Å². The molecule has 0 aromatic heterocycles. The summed E-state index contributed by atoms with van der Waals surface area (Å²) in [6.45, 7) is 0. The van der Waals surface area contributed by atoms with Crippen LogP contribution in [0.3, 0.4) is 0 Å². The van der Waals surface area contributed by atoms with Gasteiger partial charge in [0.1, 0.15) is 5.82 Å². The second-order valence-electron chi connectivity index (χ2n) is 3.12. The minimum absolute atomic E-state index is 0.545. The summed E-state index contributed by atoms with van der Waals surface area (Å²) in [6.07, 6.45) is -5.27. The molecule has 0 aliphatic rings. The van der Waals surface area contributed by atoms with Gasteiger partial charge >= 0.3 is 24.7 Å². The number of hydrogen-bond donors (Lipinski definition) is 0. The lowest BCUT2D eigenvalue weighted by molar-refractivity contribution is -0.275. The molecule has 118 valence electrons. The summed E-state index contributed by atoms with van der Waals surface area (Å²) in [5.41, 5.74) is 0. The number of halogens is 4. The summed E-state index contributed by atoms with van der Waals surface area (Å²) in [6, 6.07) is 1.88. The molecule has 1 atom stereocenters. The van der Waals surface area contributed by atoms with Gasteiger partial charge in [0.05, 0.1) is 11.8 Å². The van der Waals surface area contributed by atoms with Crippen molar-refractivity contribution in [2.75, 3.05) is 7.11 Å². The maximum atomic E-state index is 13.5. The topological polar surface area (TPSA) is 88.1 Å². The fraction of sp³-hybridized carbons (Fsp3) is 0.250. The van der Waals surface area contributed by atoms with Gasteiger partial charge in [0.2, 0.25) is 0 Å². The van der Waals surface area contributed by atoms with Crippen molar-refractivity contribution in [3.05, 3.63) is 24.0 Å². The molecule has 0 spiro atoms. The molecule has 13 heteroatoms. The van der Waals surface area contributed by atoms with E-state index >= 15 is 0 Å². The standard InChI is InChI=1S/C8H6F4O7PS/c1-16-20(13)18-19-21(14,15)7-5(9)3-2-4-6(7)17-8(10,11)12/h2-4H,1H3/q+1. The van der Waals surface area contributed by atoms with Crippen LogP contribution in [0.2, 0.25) is 0 Å². The molecular formula is C8H6F4O7PS+. The zero-order valence-electron chi connectivity index (χ0n) is 9.96. The number of benzene rings is 1. The predicted octanol–water partition coefficient (Wildman–Crippen LogP) is 2.67. The molecule has 1 aromatic rings. The van der Waals surface area contributed by atoms with Gasteiger partial charge in [0.15, 0.2) is 10.6 Å². The first kappa shape index (κ1) is 17.7. The molecule has 0 saturated carbocycles. The Balaban J connectivity index is 3.18. The fourth-order valence-electron chi connectivity index (χ4n) is 1.07. The third-order valence-electron chi connectivity index (χ3n) is 1.74. The lowest BCUT2D eigenvalue weighted by Gasteiger charge is -2.12. The molecule has 0 aliphatic heterocycles. The lowest BCUT2D eigenvalue weighted by atomic mass is 10.3. The van der Waals surface area contributed by atoms with Gasteiger partial charge in [-0.25, -0.2) is 4.39 Å². The van der Waals surface area contributed by atoms with E-state index in [2.05, 4.69) is 18.3 Å². The van der Waals surface area contributed by atoms with E-state index in [4.69, 9.17) is 0 Å². The van der Waals surface area contributed by atoms with Crippen molar-refractivity contribution in [2.45, 2.75) is 11.3 Å². The van der Waals surface area contributed by atoms with E-state index in [-0.39, 0.29) is 0 Å². The highest BCUT2D eigenvalue weighted by molar-refractivity contribution is 7.86. The first-order valence-corrected chi connectivity index (χ1v) is 7.24. The molecule has 0 heterocycles. The smallest absolute Gasteiger partial charge is 0.404 e. The maximum Gasteiger partial charge on any atom is 0.729 e. The van der Waals surface area contributed by atoms with Crippen LogP contribution in [0.15, 0.2) is 23.1 Å². The van der Waals surface area contributed by atoms with Crippen LogP contribution < -0.4 is 4.74 Å². The average molecular weight is 353 g/mol. The van der Waals surface area contributed by atoms with E-state index in [1.165, 1.54) is 0 Å². The Morgan fingerprint density at radius 1 is 1.24 bits per heavy atom. The van der Waals surface area contributed by atoms with Gasteiger partial charge in [-0.2, -0.15) is 8.42 Å². The lowest BCUT2D eigenvalue weighted by Crippen LogP contribution is -2.20. The van der Waals surface area contributed by atoms with Gasteiger partial charge in [-0.3, -0.25) is 0 Å². The minimum atomic E-state index is -5.27. The zero-order valence-corrected chi connectivity index (χ0v) is 11.7. The molecule has 0 radical (unpaired) electrons. The normalized spacial score (nSPS) is 13.1. The Morgan fingerprint density at radius 2 is 1.86 bits per heavy atom. The first-order valence-electron chi connectivity index (χ1n) is 4.73. The third kappa shape index (κ3) is 5.17. The molecule has 0 fully saturated rings. The van der Waals surface area contributed by atoms with Gasteiger partial charge < -0.3 is 4.74 Å². The Hall–Kier alpha value is -1.33. The van der Waals surface area contributed by atoms with E-state index in [1.807, 2.05) is 0 Å². The quantitative estimate of drug-likeness (QED) is 0.336. The monoisotopic (exact) mass is 353 g/mol. The van der Waals surface area contributed by atoms with Crippen LogP contribution in [-0.2, 0) is 28.2 Å². The van der Waals surface area contributed by atoms with E-state index < -0.39 is 41.2 Å². The van der Waals surface area contributed by atoms with Crippen molar-refractivity contribution < 1.29 is 48.8 Å². The minimum Gasteiger partial charge on any atom is -0.404 e. The number of hydrogen-bond acceptors (Lipinski definition) is 7. The second kappa shape index (κ2) is 6.62. The van der Waals surface area contributed by atoms with Crippen LogP contribution in [0.5, 0.6) is 5.75 Å². The molecule has 0 bridgehead atoms. The highest BCUT2D eigenvalue weighted by Crippen LogP contribution is 2.34. The Bertz CT molecular complexity index is 630. The molecule has 0 N–H and O–H groups in total. The largest absolute Gasteiger partial charge is 0.729 e. The molecule has 7 nitrogen and oxygen atoms in total. The van der Waals surface area contributed by atoms with Crippen LogP contribution in [-0.4, -0.2) is 21.9 Å². The molecule has 0 aliphatic carbocycles. The number of ether oxygens (including phenoxy) is 1. The highest BCUT2D eigenvalue weighted by atomic mass is 32.2. The molecule has 1 rings (SSSR count). The van der Waals surface area contributed by atoms with Crippen molar-refractivity contribution in [1.82, 2.24) is 0 Å². The maximum absolute atomic E-state index is 13.5. The summed E-state index contributed by atoms with van der Waals surface area (Å²) in [5.74, 6) is -2.97. The predicted molar refractivity (Wildman–Crippen MR) is 57.1 cm³/mol. The molecule has 0 saturated heterocycles. The average Bonchev–Trinajstić information content (AvgIpc) is 2.33. The van der Waals surface area contributed by atoms with Crippen molar-refractivity contribution >= 4 is 18.4 Å². The van der Waals surface area contributed by atoms with E-state index in [0.717, 1.165) is 13.2 Å². The van der Waals surface area contributed by atoms with Gasteiger partial charge in [0, 0.05) is 4.57 Å². The number of rotatable bonds is 6. The van der Waals surface area contributed by atoms with Crippen LogP contribution in [0, 0.1) is 5.82 Å². The zero-order chi connectivity index (χ0) is 16.3. The van der Waals surface area contributed by atoms with Gasteiger partial charge in [-0.1, -0.05) is 10.4 Å². The Labute approximate surface area is 116 Å². The van der Waals surface area contributed by atoms with Crippen molar-refractivity contribution in [2.24, 2.45) is 0 Å². The Morgan fingerprint density at radius 3 is 2.38 bits per heavy atom. The molecule has 21 heavy (non-hydrogen) atoms. The van der Waals surface area contributed by atoms with Gasteiger partial charge in [-0.05, 0) is 12.1 Å². The summed E-state index contributed by atoms with van der Waals surface area (Å²) in [4.78, 5) is -1.57. The molecule has 0 amide bonds.